The van der Waals surface area contributed by atoms with Gasteiger partial charge in [-0.1, -0.05) is 29.0 Å². The van der Waals surface area contributed by atoms with Crippen LogP contribution < -0.4 is 29.1 Å². The number of fused-ring (bicyclic) bond motifs is 1. The lowest BCUT2D eigenvalue weighted by Crippen LogP contribution is -2.39. The Morgan fingerprint density at radius 1 is 1.16 bits per heavy atom. The second-order valence-electron chi connectivity index (χ2n) is 7.77. The minimum absolute atomic E-state index is 0.225. The molecule has 1 aliphatic rings. The molecular weight excluding hydrogens is 584 g/mol. The average molecular weight is 608 g/mol. The SMILES string of the molecule is CCOc1ccc([C@@H]2C(C(=O)OC)=CN=c3s/c(=C\c4cc(Cl)c(OC)c(Br)c4)c(=O)n32)cc1OCC. The number of carbonyl (C=O) groups is 1. The minimum Gasteiger partial charge on any atom is -0.494 e. The summed E-state index contributed by atoms with van der Waals surface area (Å²) in [5.74, 6) is 1.01. The second-order valence-corrected chi connectivity index (χ2v) is 10.0. The van der Waals surface area contributed by atoms with Gasteiger partial charge in [-0.15, -0.1) is 0 Å². The normalized spacial score (nSPS) is 14.9. The smallest absolute Gasteiger partial charge is 0.337 e. The van der Waals surface area contributed by atoms with E-state index in [-0.39, 0.29) is 11.1 Å². The first-order chi connectivity index (χ1) is 17.8. The van der Waals surface area contributed by atoms with Crippen molar-refractivity contribution < 1.29 is 23.7 Å². The lowest BCUT2D eigenvalue weighted by molar-refractivity contribution is -0.136. The minimum atomic E-state index is -0.771. The molecule has 0 aliphatic carbocycles. The molecule has 0 N–H and O–H groups in total. The predicted molar refractivity (Wildman–Crippen MR) is 146 cm³/mol. The van der Waals surface area contributed by atoms with Crippen LogP contribution >= 0.6 is 38.9 Å². The van der Waals surface area contributed by atoms with Crippen molar-refractivity contribution in [2.45, 2.75) is 19.9 Å². The van der Waals surface area contributed by atoms with Crippen molar-refractivity contribution in [3.63, 3.8) is 0 Å². The average Bonchev–Trinajstić information content (AvgIpc) is 3.19. The molecule has 1 atom stereocenters. The van der Waals surface area contributed by atoms with Gasteiger partial charge in [0.15, 0.2) is 22.0 Å². The lowest BCUT2D eigenvalue weighted by atomic mass is 9.97. The maximum absolute atomic E-state index is 13.7. The summed E-state index contributed by atoms with van der Waals surface area (Å²) < 4.78 is 24.3. The summed E-state index contributed by atoms with van der Waals surface area (Å²) in [6.45, 7) is 4.64. The fourth-order valence-corrected chi connectivity index (χ4v) is 6.02. The van der Waals surface area contributed by atoms with Gasteiger partial charge < -0.3 is 18.9 Å². The maximum atomic E-state index is 13.7. The van der Waals surface area contributed by atoms with Gasteiger partial charge in [0.05, 0.1) is 53.1 Å². The Hall–Kier alpha value is -3.08. The van der Waals surface area contributed by atoms with Gasteiger partial charge in [0, 0.05) is 6.20 Å². The fourth-order valence-electron chi connectivity index (χ4n) is 4.00. The highest BCUT2D eigenvalue weighted by atomic mass is 79.9. The van der Waals surface area contributed by atoms with E-state index in [4.69, 9.17) is 30.5 Å². The van der Waals surface area contributed by atoms with Gasteiger partial charge in [0.25, 0.3) is 5.56 Å². The van der Waals surface area contributed by atoms with Crippen LogP contribution in [-0.4, -0.2) is 38.0 Å². The molecule has 0 fully saturated rings. The molecule has 3 aromatic rings. The van der Waals surface area contributed by atoms with E-state index in [1.54, 1.807) is 36.4 Å². The Morgan fingerprint density at radius 2 is 1.89 bits per heavy atom. The standard InChI is InChI=1S/C26H24BrClN2O6S/c1-5-35-19-8-7-15(12-20(19)36-6-2)22-16(25(32)34-4)13-29-26-30(22)24(31)21(37-26)11-14-9-17(27)23(33-3)18(28)10-14/h7-13,22H,5-6H2,1-4H3/b21-11-/t22-/m1/s1. The van der Waals surface area contributed by atoms with Crippen molar-refractivity contribution in [2.75, 3.05) is 27.4 Å². The van der Waals surface area contributed by atoms with E-state index < -0.39 is 12.0 Å². The van der Waals surface area contributed by atoms with Crippen molar-refractivity contribution in [2.24, 2.45) is 4.99 Å². The van der Waals surface area contributed by atoms with Crippen molar-refractivity contribution >= 4 is 50.9 Å². The van der Waals surface area contributed by atoms with Crippen LogP contribution in [0, 0.1) is 0 Å². The van der Waals surface area contributed by atoms with E-state index in [1.807, 2.05) is 13.8 Å². The van der Waals surface area contributed by atoms with Crippen LogP contribution in [0.5, 0.6) is 17.2 Å². The van der Waals surface area contributed by atoms with Gasteiger partial charge in [0.2, 0.25) is 0 Å². The molecule has 8 nitrogen and oxygen atoms in total. The van der Waals surface area contributed by atoms with E-state index in [0.29, 0.717) is 60.4 Å². The molecule has 2 heterocycles. The zero-order valence-corrected chi connectivity index (χ0v) is 23.7. The molecule has 0 saturated carbocycles. The number of ether oxygens (including phenoxy) is 4. The number of hydrogen-bond acceptors (Lipinski definition) is 8. The van der Waals surface area contributed by atoms with E-state index in [9.17, 15) is 9.59 Å². The fraction of sp³-hybridized carbons (Fsp3) is 0.269. The molecule has 0 saturated heterocycles. The summed E-state index contributed by atoms with van der Waals surface area (Å²) in [5.41, 5.74) is 1.27. The highest BCUT2D eigenvalue weighted by Crippen LogP contribution is 2.36. The maximum Gasteiger partial charge on any atom is 0.337 e. The zero-order valence-electron chi connectivity index (χ0n) is 20.5. The number of aromatic nitrogens is 1. The number of methoxy groups -OCH3 is 2. The number of halogens is 2. The Labute approximate surface area is 230 Å². The van der Waals surface area contributed by atoms with Crippen LogP contribution in [0.2, 0.25) is 5.02 Å². The molecule has 0 amide bonds. The lowest BCUT2D eigenvalue weighted by Gasteiger charge is -2.23. The van der Waals surface area contributed by atoms with Crippen LogP contribution in [0.15, 0.2) is 56.4 Å². The summed E-state index contributed by atoms with van der Waals surface area (Å²) in [4.78, 5) is 31.3. The largest absolute Gasteiger partial charge is 0.494 e. The van der Waals surface area contributed by atoms with Gasteiger partial charge in [-0.25, -0.2) is 9.79 Å². The van der Waals surface area contributed by atoms with E-state index in [0.717, 1.165) is 0 Å². The topological polar surface area (TPSA) is 88.4 Å². The summed E-state index contributed by atoms with van der Waals surface area (Å²) in [5, 5.41) is 0.402. The third-order valence-electron chi connectivity index (χ3n) is 5.53. The molecule has 1 aromatic heterocycles. The molecule has 0 radical (unpaired) electrons. The zero-order chi connectivity index (χ0) is 26.7. The first-order valence-corrected chi connectivity index (χ1v) is 13.3. The number of benzene rings is 2. The Bertz CT molecular complexity index is 1540. The Balaban J connectivity index is 1.90. The Morgan fingerprint density at radius 3 is 2.54 bits per heavy atom. The third-order valence-corrected chi connectivity index (χ3v) is 7.40. The number of thiazole rings is 1. The molecule has 2 aromatic carbocycles. The van der Waals surface area contributed by atoms with Gasteiger partial charge in [-0.2, -0.15) is 0 Å². The summed E-state index contributed by atoms with van der Waals surface area (Å²) >= 11 is 11.0. The van der Waals surface area contributed by atoms with Crippen LogP contribution in [-0.2, 0) is 9.53 Å². The van der Waals surface area contributed by atoms with Crippen molar-refractivity contribution in [3.05, 3.63) is 82.4 Å². The molecule has 0 bridgehead atoms. The van der Waals surface area contributed by atoms with Gasteiger partial charge in [0.1, 0.15) is 0 Å². The van der Waals surface area contributed by atoms with Gasteiger partial charge >= 0.3 is 5.97 Å². The first-order valence-electron chi connectivity index (χ1n) is 11.3. The van der Waals surface area contributed by atoms with Crippen molar-refractivity contribution in [1.29, 1.82) is 0 Å². The quantitative estimate of drug-likeness (QED) is 0.356. The van der Waals surface area contributed by atoms with E-state index in [1.165, 1.54) is 36.3 Å². The predicted octanol–water partition coefficient (Wildman–Crippen LogP) is 4.24. The molecular formula is C26H24BrClN2O6S. The summed E-state index contributed by atoms with van der Waals surface area (Å²) in [7, 11) is 2.82. The molecule has 11 heteroatoms. The third kappa shape index (κ3) is 5.32. The molecule has 0 spiro atoms. The van der Waals surface area contributed by atoms with Crippen LogP contribution in [0.25, 0.3) is 6.08 Å². The number of carbonyl (C=O) groups excluding carboxylic acids is 1. The van der Waals surface area contributed by atoms with Crippen LogP contribution in [0.1, 0.15) is 31.0 Å². The van der Waals surface area contributed by atoms with Crippen LogP contribution in [0.4, 0.5) is 0 Å². The molecule has 37 heavy (non-hydrogen) atoms. The molecule has 1 aliphatic heterocycles. The second kappa shape index (κ2) is 11.5. The molecule has 4 rings (SSSR count). The van der Waals surface area contributed by atoms with Crippen molar-refractivity contribution in [3.8, 4) is 17.2 Å². The number of rotatable bonds is 8. The van der Waals surface area contributed by atoms with Gasteiger partial charge in [-0.3, -0.25) is 9.36 Å². The van der Waals surface area contributed by atoms with Crippen LogP contribution in [0.3, 0.4) is 0 Å². The number of esters is 1. The van der Waals surface area contributed by atoms with Gasteiger partial charge in [-0.05, 0) is 71.2 Å². The highest BCUT2D eigenvalue weighted by Gasteiger charge is 2.31. The van der Waals surface area contributed by atoms with Crippen molar-refractivity contribution in [1.82, 2.24) is 4.57 Å². The summed E-state index contributed by atoms with van der Waals surface area (Å²) in [6, 6.07) is 8.09. The monoisotopic (exact) mass is 606 g/mol. The number of hydrogen-bond donors (Lipinski definition) is 0. The highest BCUT2D eigenvalue weighted by molar-refractivity contribution is 9.10. The molecule has 194 valence electrons. The number of nitrogens with zero attached hydrogens (tertiary/aromatic N) is 2. The van der Waals surface area contributed by atoms with E-state index >= 15 is 0 Å². The van der Waals surface area contributed by atoms with E-state index in [2.05, 4.69) is 20.9 Å². The Kier molecular flexibility index (Phi) is 8.41. The molecule has 0 unspecified atom stereocenters. The first kappa shape index (κ1) is 27.0. The summed E-state index contributed by atoms with van der Waals surface area (Å²) in [6.07, 6.45) is 3.17.